The second kappa shape index (κ2) is 5.67. The smallest absolute Gasteiger partial charge is 0.326 e. The van der Waals surface area contributed by atoms with E-state index in [9.17, 15) is 9.59 Å². The summed E-state index contributed by atoms with van der Waals surface area (Å²) in [5.74, 6) is -1.34. The highest BCUT2D eigenvalue weighted by Crippen LogP contribution is 2.18. The zero-order chi connectivity index (χ0) is 13.9. The van der Waals surface area contributed by atoms with Crippen LogP contribution in [0.3, 0.4) is 0 Å². The summed E-state index contributed by atoms with van der Waals surface area (Å²) < 4.78 is 0. The van der Waals surface area contributed by atoms with Crippen LogP contribution in [-0.4, -0.2) is 23.0 Å². The van der Waals surface area contributed by atoms with E-state index in [0.717, 1.165) is 22.3 Å². The van der Waals surface area contributed by atoms with Gasteiger partial charge in [0.25, 0.3) is 0 Å². The minimum Gasteiger partial charge on any atom is -0.480 e. The van der Waals surface area contributed by atoms with Gasteiger partial charge in [0.05, 0.1) is 0 Å². The first kappa shape index (κ1) is 14.2. The van der Waals surface area contributed by atoms with Gasteiger partial charge in [0.2, 0.25) is 5.91 Å². The molecular weight excluding hydrogens is 230 g/mol. The van der Waals surface area contributed by atoms with Gasteiger partial charge in [-0.25, -0.2) is 4.79 Å². The van der Waals surface area contributed by atoms with Gasteiger partial charge in [-0.2, -0.15) is 0 Å². The lowest BCUT2D eigenvalue weighted by molar-refractivity contribution is -0.141. The number of aliphatic carboxylic acids is 1. The molecule has 0 spiro atoms. The molecule has 18 heavy (non-hydrogen) atoms. The highest BCUT2D eigenvalue weighted by atomic mass is 16.4. The molecule has 0 aliphatic heterocycles. The van der Waals surface area contributed by atoms with Gasteiger partial charge < -0.3 is 10.4 Å². The van der Waals surface area contributed by atoms with Crippen molar-refractivity contribution in [1.29, 1.82) is 0 Å². The number of carbonyl (C=O) groups excluding carboxylic acids is 1. The summed E-state index contributed by atoms with van der Waals surface area (Å²) in [4.78, 5) is 22.1. The van der Waals surface area contributed by atoms with Crippen LogP contribution in [-0.2, 0) is 16.0 Å². The second-order valence-electron chi connectivity index (χ2n) is 4.67. The number of carboxylic acid groups (broad SMARTS) is 1. The summed E-state index contributed by atoms with van der Waals surface area (Å²) in [5, 5.41) is 11.6. The van der Waals surface area contributed by atoms with Crippen LogP contribution in [0.4, 0.5) is 0 Å². The van der Waals surface area contributed by atoms with E-state index in [0.29, 0.717) is 6.42 Å². The van der Waals surface area contributed by atoms with Gasteiger partial charge in [0.15, 0.2) is 0 Å². The quantitative estimate of drug-likeness (QED) is 0.854. The molecule has 0 aliphatic carbocycles. The molecule has 1 aromatic carbocycles. The summed E-state index contributed by atoms with van der Waals surface area (Å²) in [6.07, 6.45) is 0.312. The first-order valence-corrected chi connectivity index (χ1v) is 5.88. The van der Waals surface area contributed by atoms with Crippen LogP contribution in [0.2, 0.25) is 0 Å². The van der Waals surface area contributed by atoms with Crippen LogP contribution < -0.4 is 5.32 Å². The van der Waals surface area contributed by atoms with Crippen molar-refractivity contribution in [2.45, 2.75) is 40.2 Å². The Balaban J connectivity index is 3.01. The highest BCUT2D eigenvalue weighted by Gasteiger charge is 2.20. The third-order valence-electron chi connectivity index (χ3n) is 2.92. The molecule has 0 aromatic heterocycles. The topological polar surface area (TPSA) is 66.4 Å². The zero-order valence-corrected chi connectivity index (χ0v) is 11.2. The van der Waals surface area contributed by atoms with E-state index in [1.54, 1.807) is 0 Å². The summed E-state index contributed by atoms with van der Waals surface area (Å²) >= 11 is 0. The molecule has 98 valence electrons. The van der Waals surface area contributed by atoms with Crippen molar-refractivity contribution in [1.82, 2.24) is 5.32 Å². The van der Waals surface area contributed by atoms with Crippen molar-refractivity contribution < 1.29 is 14.7 Å². The Morgan fingerprint density at radius 1 is 1.22 bits per heavy atom. The number of carbonyl (C=O) groups is 2. The molecule has 0 saturated carbocycles. The summed E-state index contributed by atoms with van der Waals surface area (Å²) in [5.41, 5.74) is 4.26. The maximum Gasteiger partial charge on any atom is 0.326 e. The first-order chi connectivity index (χ1) is 8.31. The molecule has 0 aliphatic rings. The number of hydrogen-bond acceptors (Lipinski definition) is 2. The number of aryl methyl sites for hydroxylation is 3. The maximum atomic E-state index is 11.1. The lowest BCUT2D eigenvalue weighted by Crippen LogP contribution is -2.41. The Labute approximate surface area is 107 Å². The fraction of sp³-hybridized carbons (Fsp3) is 0.429. The van der Waals surface area contributed by atoms with Crippen LogP contribution in [0.1, 0.15) is 29.2 Å². The lowest BCUT2D eigenvalue weighted by atomic mass is 9.94. The number of carboxylic acids is 1. The van der Waals surface area contributed by atoms with Gasteiger partial charge in [0.1, 0.15) is 6.04 Å². The van der Waals surface area contributed by atoms with Crippen molar-refractivity contribution >= 4 is 11.9 Å². The van der Waals surface area contributed by atoms with Crippen molar-refractivity contribution in [2.75, 3.05) is 0 Å². The number of nitrogens with one attached hydrogen (secondary N) is 1. The molecular formula is C14H19NO3. The van der Waals surface area contributed by atoms with Gasteiger partial charge in [-0.1, -0.05) is 17.7 Å². The van der Waals surface area contributed by atoms with E-state index in [1.165, 1.54) is 6.92 Å². The predicted octanol–water partition coefficient (Wildman–Crippen LogP) is 1.74. The van der Waals surface area contributed by atoms with Gasteiger partial charge in [-0.15, -0.1) is 0 Å². The number of benzene rings is 1. The van der Waals surface area contributed by atoms with E-state index in [2.05, 4.69) is 5.32 Å². The normalized spacial score (nSPS) is 12.0. The van der Waals surface area contributed by atoms with E-state index in [1.807, 2.05) is 32.9 Å². The highest BCUT2D eigenvalue weighted by molar-refractivity contribution is 5.82. The molecule has 1 amide bonds. The van der Waals surface area contributed by atoms with Crippen molar-refractivity contribution in [3.05, 3.63) is 34.4 Å². The summed E-state index contributed by atoms with van der Waals surface area (Å²) in [7, 11) is 0. The van der Waals surface area contributed by atoms with E-state index >= 15 is 0 Å². The standard InChI is InChI=1S/C14H19NO3/c1-8-5-9(2)12(10(3)6-8)7-13(14(17)18)15-11(4)16/h5-6,13H,7H2,1-4H3,(H,15,16)(H,17,18). The third-order valence-corrected chi connectivity index (χ3v) is 2.92. The second-order valence-corrected chi connectivity index (χ2v) is 4.67. The fourth-order valence-electron chi connectivity index (χ4n) is 2.18. The summed E-state index contributed by atoms with van der Waals surface area (Å²) in [6, 6.07) is 3.17. The largest absolute Gasteiger partial charge is 0.480 e. The molecule has 1 rings (SSSR count). The maximum absolute atomic E-state index is 11.1. The number of rotatable bonds is 4. The molecule has 0 radical (unpaired) electrons. The number of hydrogen-bond donors (Lipinski definition) is 2. The molecule has 0 bridgehead atoms. The van der Waals surface area contributed by atoms with Crippen molar-refractivity contribution in [3.63, 3.8) is 0 Å². The molecule has 2 N–H and O–H groups in total. The van der Waals surface area contributed by atoms with Gasteiger partial charge >= 0.3 is 5.97 Å². The molecule has 4 heteroatoms. The van der Waals surface area contributed by atoms with Gasteiger partial charge in [0, 0.05) is 13.3 Å². The minimum atomic E-state index is -1.01. The van der Waals surface area contributed by atoms with Gasteiger partial charge in [-0.05, 0) is 37.5 Å². The monoisotopic (exact) mass is 249 g/mol. The van der Waals surface area contributed by atoms with Crippen molar-refractivity contribution in [2.24, 2.45) is 0 Å². The van der Waals surface area contributed by atoms with Crippen molar-refractivity contribution in [3.8, 4) is 0 Å². The molecule has 1 aromatic rings. The van der Waals surface area contributed by atoms with Crippen LogP contribution in [0, 0.1) is 20.8 Å². The first-order valence-electron chi connectivity index (χ1n) is 5.88. The Kier molecular flexibility index (Phi) is 4.48. The van der Waals surface area contributed by atoms with E-state index < -0.39 is 12.0 Å². The Bertz CT molecular complexity index is 457. The Hall–Kier alpha value is -1.84. The SMILES string of the molecule is CC(=O)NC(Cc1c(C)cc(C)cc1C)C(=O)O. The van der Waals surface area contributed by atoms with Crippen LogP contribution in [0.5, 0.6) is 0 Å². The predicted molar refractivity (Wildman–Crippen MR) is 69.6 cm³/mol. The molecule has 0 saturated heterocycles. The van der Waals surface area contributed by atoms with Crippen LogP contribution in [0.25, 0.3) is 0 Å². The average Bonchev–Trinajstić information content (AvgIpc) is 2.20. The molecule has 1 unspecified atom stereocenters. The lowest BCUT2D eigenvalue weighted by Gasteiger charge is -2.17. The Morgan fingerprint density at radius 3 is 2.11 bits per heavy atom. The molecule has 0 heterocycles. The number of amides is 1. The average molecular weight is 249 g/mol. The van der Waals surface area contributed by atoms with Crippen LogP contribution >= 0.6 is 0 Å². The van der Waals surface area contributed by atoms with Crippen LogP contribution in [0.15, 0.2) is 12.1 Å². The van der Waals surface area contributed by atoms with E-state index in [4.69, 9.17) is 5.11 Å². The third kappa shape index (κ3) is 3.58. The molecule has 4 nitrogen and oxygen atoms in total. The van der Waals surface area contributed by atoms with E-state index in [-0.39, 0.29) is 5.91 Å². The molecule has 1 atom stereocenters. The summed E-state index contributed by atoms with van der Waals surface area (Å²) in [6.45, 7) is 7.25. The molecule has 0 fully saturated rings. The fourth-order valence-corrected chi connectivity index (χ4v) is 2.18. The minimum absolute atomic E-state index is 0.312. The Morgan fingerprint density at radius 2 is 1.72 bits per heavy atom. The van der Waals surface area contributed by atoms with Gasteiger partial charge in [-0.3, -0.25) is 4.79 Å². The zero-order valence-electron chi connectivity index (χ0n) is 11.2.